The van der Waals surface area contributed by atoms with Gasteiger partial charge in [-0.1, -0.05) is 204 Å². The van der Waals surface area contributed by atoms with Crippen molar-refractivity contribution in [2.75, 3.05) is 6.61 Å². The van der Waals surface area contributed by atoms with E-state index in [2.05, 4.69) is 74.7 Å². The third-order valence-corrected chi connectivity index (χ3v) is 10.7. The zero-order chi connectivity index (χ0) is 41.0. The molecule has 0 aromatic heterocycles. The maximum absolute atomic E-state index is 13.1. The van der Waals surface area contributed by atoms with Crippen molar-refractivity contribution >= 4 is 11.9 Å². The number of carbonyl (C=O) groups excluding carboxylic acids is 2. The molecule has 3 atom stereocenters. The molecule has 0 aliphatic carbocycles. The molecule has 0 aromatic carbocycles. The Morgan fingerprint density at radius 2 is 0.911 bits per heavy atom. The van der Waals surface area contributed by atoms with Gasteiger partial charge in [0.1, 0.15) is 6.10 Å². The van der Waals surface area contributed by atoms with Crippen LogP contribution in [0, 0.1) is 0 Å². The number of hydrogen-bond donors (Lipinski definition) is 3. The summed E-state index contributed by atoms with van der Waals surface area (Å²) in [5, 5.41) is 23.6. The summed E-state index contributed by atoms with van der Waals surface area (Å²) in [7, 11) is 0. The number of ether oxygens (including phenoxy) is 1. The summed E-state index contributed by atoms with van der Waals surface area (Å²) in [6.07, 6.45) is 51.8. The maximum atomic E-state index is 13.1. The second-order valence-corrected chi connectivity index (χ2v) is 16.2. The van der Waals surface area contributed by atoms with Crippen molar-refractivity contribution in [1.82, 2.24) is 5.32 Å². The normalized spacial score (nSPS) is 13.7. The van der Waals surface area contributed by atoms with Crippen molar-refractivity contribution in [1.29, 1.82) is 0 Å². The van der Waals surface area contributed by atoms with Gasteiger partial charge in [0, 0.05) is 6.42 Å². The molecule has 56 heavy (non-hydrogen) atoms. The SMILES string of the molecule is CCCCC/C=C\C/C=C\C/C=C\C/C=C\CCCC(=O)OC(CCCCCCCCCC)CC(=O)NC(CO)C(O)CCCCCCCCCCCCCC. The molecule has 0 saturated carbocycles. The van der Waals surface area contributed by atoms with Gasteiger partial charge in [0.05, 0.1) is 25.2 Å². The van der Waals surface area contributed by atoms with Crippen LogP contribution in [-0.4, -0.2) is 46.9 Å². The Kier molecular flexibility index (Phi) is 42.2. The van der Waals surface area contributed by atoms with Crippen molar-refractivity contribution in [2.24, 2.45) is 0 Å². The summed E-state index contributed by atoms with van der Waals surface area (Å²) in [4.78, 5) is 25.9. The molecule has 0 heterocycles. The number of esters is 1. The Balaban J connectivity index is 4.55. The van der Waals surface area contributed by atoms with Crippen LogP contribution in [0.2, 0.25) is 0 Å². The highest BCUT2D eigenvalue weighted by Crippen LogP contribution is 2.17. The van der Waals surface area contributed by atoms with Gasteiger partial charge in [-0.05, 0) is 64.2 Å². The van der Waals surface area contributed by atoms with E-state index in [0.717, 1.165) is 64.2 Å². The molecule has 6 nitrogen and oxygen atoms in total. The van der Waals surface area contributed by atoms with E-state index in [1.165, 1.54) is 116 Å². The van der Waals surface area contributed by atoms with Gasteiger partial charge in [0.2, 0.25) is 5.91 Å². The molecule has 0 saturated heterocycles. The molecule has 3 unspecified atom stereocenters. The number of carbonyl (C=O) groups is 2. The van der Waals surface area contributed by atoms with Crippen molar-refractivity contribution in [2.45, 2.75) is 251 Å². The molecular weight excluding hydrogens is 695 g/mol. The molecule has 0 spiro atoms. The van der Waals surface area contributed by atoms with Gasteiger partial charge in [0.15, 0.2) is 0 Å². The van der Waals surface area contributed by atoms with Gasteiger partial charge >= 0.3 is 5.97 Å². The van der Waals surface area contributed by atoms with E-state index < -0.39 is 18.2 Å². The topological polar surface area (TPSA) is 95.9 Å². The van der Waals surface area contributed by atoms with Crippen LogP contribution in [0.5, 0.6) is 0 Å². The minimum atomic E-state index is -0.793. The summed E-state index contributed by atoms with van der Waals surface area (Å²) < 4.78 is 5.86. The molecule has 326 valence electrons. The van der Waals surface area contributed by atoms with Gasteiger partial charge in [-0.3, -0.25) is 9.59 Å². The van der Waals surface area contributed by atoms with Crippen LogP contribution in [0.15, 0.2) is 48.6 Å². The van der Waals surface area contributed by atoms with Gasteiger partial charge in [0.25, 0.3) is 0 Å². The highest BCUT2D eigenvalue weighted by Gasteiger charge is 2.24. The molecule has 0 aromatic rings. The number of nitrogens with one attached hydrogen (secondary N) is 1. The Morgan fingerprint density at radius 1 is 0.518 bits per heavy atom. The second kappa shape index (κ2) is 43.9. The minimum Gasteiger partial charge on any atom is -0.462 e. The fourth-order valence-corrected chi connectivity index (χ4v) is 7.01. The lowest BCUT2D eigenvalue weighted by Crippen LogP contribution is -2.46. The molecule has 0 aliphatic heterocycles. The molecule has 0 rings (SSSR count). The minimum absolute atomic E-state index is 0.0568. The van der Waals surface area contributed by atoms with E-state index in [-0.39, 0.29) is 24.9 Å². The van der Waals surface area contributed by atoms with Crippen LogP contribution >= 0.6 is 0 Å². The predicted octanol–water partition coefficient (Wildman–Crippen LogP) is 13.9. The Morgan fingerprint density at radius 3 is 1.38 bits per heavy atom. The van der Waals surface area contributed by atoms with Crippen LogP contribution < -0.4 is 5.32 Å². The van der Waals surface area contributed by atoms with Crippen molar-refractivity contribution < 1.29 is 24.5 Å². The smallest absolute Gasteiger partial charge is 0.306 e. The number of allylic oxidation sites excluding steroid dienone is 8. The van der Waals surface area contributed by atoms with E-state index in [4.69, 9.17) is 4.74 Å². The Bertz CT molecular complexity index is 972. The van der Waals surface area contributed by atoms with E-state index in [1.807, 2.05) is 0 Å². The van der Waals surface area contributed by atoms with Crippen molar-refractivity contribution in [3.05, 3.63) is 48.6 Å². The zero-order valence-electron chi connectivity index (χ0n) is 37.0. The van der Waals surface area contributed by atoms with E-state index in [9.17, 15) is 19.8 Å². The van der Waals surface area contributed by atoms with Crippen LogP contribution in [0.25, 0.3) is 0 Å². The third-order valence-electron chi connectivity index (χ3n) is 10.7. The van der Waals surface area contributed by atoms with Gasteiger partial charge < -0.3 is 20.3 Å². The molecule has 0 radical (unpaired) electrons. The van der Waals surface area contributed by atoms with Crippen LogP contribution in [0.3, 0.4) is 0 Å². The second-order valence-electron chi connectivity index (χ2n) is 16.2. The lowest BCUT2D eigenvalue weighted by Gasteiger charge is -2.24. The average molecular weight is 786 g/mol. The first kappa shape index (κ1) is 53.8. The largest absolute Gasteiger partial charge is 0.462 e. The van der Waals surface area contributed by atoms with Crippen LogP contribution in [-0.2, 0) is 14.3 Å². The number of hydrogen-bond acceptors (Lipinski definition) is 5. The first-order valence-corrected chi connectivity index (χ1v) is 23.9. The first-order chi connectivity index (χ1) is 27.5. The standard InChI is InChI=1S/C50H91NO5/c1-4-7-10-13-16-19-21-23-24-25-26-27-29-31-34-37-40-43-50(55)56-46(41-38-35-32-18-15-12-9-6-3)44-49(54)51-47(45-52)48(53)42-39-36-33-30-28-22-20-17-14-11-8-5-2/h16,19,23-24,26-27,31,34,46-48,52-53H,4-15,17-18,20-22,25,28-30,32-33,35-45H2,1-3H3,(H,51,54)/b19-16-,24-23-,27-26-,34-31-. The monoisotopic (exact) mass is 786 g/mol. The molecule has 3 N–H and O–H groups in total. The molecule has 1 amide bonds. The van der Waals surface area contributed by atoms with Gasteiger partial charge in [-0.25, -0.2) is 0 Å². The van der Waals surface area contributed by atoms with Crippen molar-refractivity contribution in [3.8, 4) is 0 Å². The fraction of sp³-hybridized carbons (Fsp3) is 0.800. The number of aliphatic hydroxyl groups is 2. The maximum Gasteiger partial charge on any atom is 0.306 e. The van der Waals surface area contributed by atoms with Crippen molar-refractivity contribution in [3.63, 3.8) is 0 Å². The van der Waals surface area contributed by atoms with E-state index >= 15 is 0 Å². The summed E-state index contributed by atoms with van der Waals surface area (Å²) in [5.41, 5.74) is 0. The first-order valence-electron chi connectivity index (χ1n) is 23.9. The van der Waals surface area contributed by atoms with Gasteiger partial charge in [-0.2, -0.15) is 0 Å². The highest BCUT2D eigenvalue weighted by molar-refractivity contribution is 5.77. The van der Waals surface area contributed by atoms with E-state index in [1.54, 1.807) is 0 Å². The lowest BCUT2D eigenvalue weighted by molar-refractivity contribution is -0.151. The van der Waals surface area contributed by atoms with Crippen LogP contribution in [0.1, 0.15) is 233 Å². The Labute approximate surface area is 346 Å². The molecule has 0 bridgehead atoms. The fourth-order valence-electron chi connectivity index (χ4n) is 7.01. The summed E-state index contributed by atoms with van der Waals surface area (Å²) >= 11 is 0. The molecule has 0 aliphatic rings. The number of unbranched alkanes of at least 4 members (excludes halogenated alkanes) is 22. The third kappa shape index (κ3) is 38.7. The zero-order valence-corrected chi connectivity index (χ0v) is 37.0. The predicted molar refractivity (Wildman–Crippen MR) is 241 cm³/mol. The summed E-state index contributed by atoms with van der Waals surface area (Å²) in [6, 6.07) is -0.708. The number of amides is 1. The Hall–Kier alpha value is -2.18. The quantitative estimate of drug-likeness (QED) is 0.0325. The number of aliphatic hydroxyl groups excluding tert-OH is 2. The van der Waals surface area contributed by atoms with Crippen LogP contribution in [0.4, 0.5) is 0 Å². The summed E-state index contributed by atoms with van der Waals surface area (Å²) in [5.74, 6) is -0.541. The number of rotatable bonds is 42. The average Bonchev–Trinajstić information content (AvgIpc) is 3.19. The molecule has 6 heteroatoms. The summed E-state index contributed by atoms with van der Waals surface area (Å²) in [6.45, 7) is 6.41. The molecule has 0 fully saturated rings. The highest BCUT2D eigenvalue weighted by atomic mass is 16.5. The lowest BCUT2D eigenvalue weighted by atomic mass is 10.0. The van der Waals surface area contributed by atoms with Gasteiger partial charge in [-0.15, -0.1) is 0 Å². The van der Waals surface area contributed by atoms with E-state index in [0.29, 0.717) is 25.7 Å². The molecular formula is C50H91NO5.